The molecule has 3 aromatic rings. The van der Waals surface area contributed by atoms with Gasteiger partial charge in [0.25, 0.3) is 5.91 Å². The number of fused-ring (bicyclic) bond motifs is 1. The number of pyridine rings is 1. The number of benzene rings is 2. The van der Waals surface area contributed by atoms with Gasteiger partial charge in [0, 0.05) is 29.5 Å². The van der Waals surface area contributed by atoms with Crippen molar-refractivity contribution in [2.45, 2.75) is 81.4 Å². The van der Waals surface area contributed by atoms with Crippen molar-refractivity contribution in [3.63, 3.8) is 0 Å². The van der Waals surface area contributed by atoms with Gasteiger partial charge in [-0.2, -0.15) is 0 Å². The monoisotopic (exact) mass is 676 g/mol. The molecule has 0 spiro atoms. The molecule has 1 unspecified atom stereocenters. The van der Waals surface area contributed by atoms with Gasteiger partial charge in [0.15, 0.2) is 0 Å². The number of hydrogen-bond donors (Lipinski definition) is 2. The van der Waals surface area contributed by atoms with Crippen LogP contribution in [0, 0.1) is 0 Å². The van der Waals surface area contributed by atoms with E-state index in [-0.39, 0.29) is 19.4 Å². The lowest BCUT2D eigenvalue weighted by Gasteiger charge is -2.43. The Labute approximate surface area is 279 Å². The van der Waals surface area contributed by atoms with E-state index >= 15 is 0 Å². The Morgan fingerprint density at radius 2 is 1.79 bits per heavy atom. The fourth-order valence-corrected chi connectivity index (χ4v) is 7.35. The summed E-state index contributed by atoms with van der Waals surface area (Å²) in [5, 5.41) is 2.86. The molecule has 3 aliphatic rings. The number of nitrogens with one attached hydrogen (secondary N) is 2. The predicted octanol–water partition coefficient (Wildman–Crippen LogP) is 4.48. The maximum atomic E-state index is 14.0. The average Bonchev–Trinajstić information content (AvgIpc) is 3.82. The standard InChI is InChI=1S/C35H40N4O8S/c1-21-15-16-35(21,32(41)38-48(43,44)25-12-13-25)37-31(40)29-18-24(20-39(29)33(42)47-34(2,3)4)46-30-19-27(22-9-7-6-8-10-22)36-28-17-23(45-5)11-14-26(28)30/h6-11,14,17,19,24-25,29H,1,12-13,15-16,18,20H2,2-5H3,(H,37,40)(H,38,41)/t24-,29+,35?/m1/s1. The predicted molar refractivity (Wildman–Crippen MR) is 179 cm³/mol. The third-order valence-electron chi connectivity index (χ3n) is 8.86. The highest BCUT2D eigenvalue weighted by Gasteiger charge is 2.53. The molecule has 6 rings (SSSR count). The van der Waals surface area contributed by atoms with E-state index in [2.05, 4.69) is 16.6 Å². The van der Waals surface area contributed by atoms with Crippen molar-refractivity contribution in [3.8, 4) is 22.8 Å². The van der Waals surface area contributed by atoms with Crippen molar-refractivity contribution >= 4 is 38.8 Å². The van der Waals surface area contributed by atoms with Crippen LogP contribution in [0.25, 0.3) is 22.2 Å². The van der Waals surface area contributed by atoms with Crippen LogP contribution in [0.3, 0.4) is 0 Å². The second kappa shape index (κ2) is 12.4. The van der Waals surface area contributed by atoms with Gasteiger partial charge in [-0.05, 0) is 64.2 Å². The van der Waals surface area contributed by atoms with Crippen molar-refractivity contribution in [2.75, 3.05) is 13.7 Å². The molecule has 254 valence electrons. The molecule has 2 aromatic carbocycles. The second-order valence-corrected chi connectivity index (χ2v) is 15.5. The van der Waals surface area contributed by atoms with Crippen LogP contribution in [0.4, 0.5) is 4.79 Å². The number of carbonyl (C=O) groups is 3. The molecular formula is C35H40N4O8S. The molecule has 1 saturated heterocycles. The third kappa shape index (κ3) is 6.69. The number of methoxy groups -OCH3 is 1. The molecule has 13 heteroatoms. The highest BCUT2D eigenvalue weighted by Crippen LogP contribution is 2.39. The number of carbonyl (C=O) groups excluding carboxylic acids is 3. The molecule has 12 nitrogen and oxygen atoms in total. The lowest BCUT2D eigenvalue weighted by atomic mass is 9.71. The number of hydrogen-bond acceptors (Lipinski definition) is 9. The van der Waals surface area contributed by atoms with E-state index in [1.807, 2.05) is 48.5 Å². The molecule has 0 radical (unpaired) electrons. The normalized spacial score (nSPS) is 22.5. The summed E-state index contributed by atoms with van der Waals surface area (Å²) in [6, 6.07) is 15.8. The van der Waals surface area contributed by atoms with E-state index < -0.39 is 56.5 Å². The Kier molecular flexibility index (Phi) is 8.61. The first kappa shape index (κ1) is 33.3. The Bertz CT molecular complexity index is 1890. The number of aromatic nitrogens is 1. The molecule has 1 aromatic heterocycles. The van der Waals surface area contributed by atoms with Crippen LogP contribution in [0.5, 0.6) is 11.5 Å². The van der Waals surface area contributed by atoms with E-state index in [0.717, 1.165) is 5.56 Å². The minimum atomic E-state index is -3.87. The van der Waals surface area contributed by atoms with E-state index in [1.54, 1.807) is 33.9 Å². The van der Waals surface area contributed by atoms with Crippen LogP contribution >= 0.6 is 0 Å². The summed E-state index contributed by atoms with van der Waals surface area (Å²) in [5.74, 6) is -0.354. The van der Waals surface area contributed by atoms with Gasteiger partial charge < -0.3 is 19.5 Å². The molecule has 2 aliphatic carbocycles. The first-order chi connectivity index (χ1) is 22.7. The van der Waals surface area contributed by atoms with Gasteiger partial charge in [0.05, 0.1) is 30.1 Å². The third-order valence-corrected chi connectivity index (χ3v) is 10.7. The Morgan fingerprint density at radius 3 is 2.40 bits per heavy atom. The number of amides is 3. The van der Waals surface area contributed by atoms with Gasteiger partial charge in [0.2, 0.25) is 15.9 Å². The largest absolute Gasteiger partial charge is 0.497 e. The molecule has 2 heterocycles. The van der Waals surface area contributed by atoms with Gasteiger partial charge >= 0.3 is 6.09 Å². The van der Waals surface area contributed by atoms with Crippen molar-refractivity contribution in [2.24, 2.45) is 0 Å². The topological polar surface area (TPSA) is 153 Å². The van der Waals surface area contributed by atoms with Gasteiger partial charge in [-0.25, -0.2) is 18.2 Å². The number of likely N-dealkylation sites (tertiary alicyclic amines) is 1. The van der Waals surface area contributed by atoms with Crippen LogP contribution in [0.15, 0.2) is 66.7 Å². The number of nitrogens with zero attached hydrogens (tertiary/aromatic N) is 2. The van der Waals surface area contributed by atoms with E-state index in [1.165, 1.54) is 4.90 Å². The summed E-state index contributed by atoms with van der Waals surface area (Å²) in [5.41, 5.74) is 0.116. The summed E-state index contributed by atoms with van der Waals surface area (Å²) in [6.07, 6.45) is 0.287. The summed E-state index contributed by atoms with van der Waals surface area (Å²) in [7, 11) is -2.29. The van der Waals surface area contributed by atoms with Gasteiger partial charge in [-0.1, -0.05) is 36.9 Å². The first-order valence-electron chi connectivity index (χ1n) is 16.0. The summed E-state index contributed by atoms with van der Waals surface area (Å²) >= 11 is 0. The quantitative estimate of drug-likeness (QED) is 0.313. The number of sulfonamides is 1. The Hall–Kier alpha value is -4.65. The summed E-state index contributed by atoms with van der Waals surface area (Å²) in [6.45, 7) is 9.14. The van der Waals surface area contributed by atoms with E-state index in [0.29, 0.717) is 52.9 Å². The highest BCUT2D eigenvalue weighted by atomic mass is 32.2. The zero-order chi connectivity index (χ0) is 34.4. The fourth-order valence-electron chi connectivity index (χ4n) is 6.00. The minimum absolute atomic E-state index is 0.0177. The average molecular weight is 677 g/mol. The van der Waals surface area contributed by atoms with Gasteiger partial charge in [0.1, 0.15) is 34.8 Å². The molecular weight excluding hydrogens is 636 g/mol. The van der Waals surface area contributed by atoms with Crippen molar-refractivity contribution in [1.82, 2.24) is 19.9 Å². The van der Waals surface area contributed by atoms with E-state index in [4.69, 9.17) is 19.2 Å². The molecule has 3 amide bonds. The van der Waals surface area contributed by atoms with Gasteiger partial charge in [-0.3, -0.25) is 19.2 Å². The molecule has 2 N–H and O–H groups in total. The highest BCUT2D eigenvalue weighted by molar-refractivity contribution is 7.91. The zero-order valence-corrected chi connectivity index (χ0v) is 28.3. The zero-order valence-electron chi connectivity index (χ0n) is 27.4. The van der Waals surface area contributed by atoms with Crippen molar-refractivity contribution < 1.29 is 37.0 Å². The molecule has 3 fully saturated rings. The number of ether oxygens (including phenoxy) is 3. The van der Waals surface area contributed by atoms with E-state index in [9.17, 15) is 22.8 Å². The van der Waals surface area contributed by atoms with Crippen LogP contribution in [-0.2, 0) is 24.3 Å². The summed E-state index contributed by atoms with van der Waals surface area (Å²) < 4.78 is 45.0. The summed E-state index contributed by atoms with van der Waals surface area (Å²) in [4.78, 5) is 47.0. The lowest BCUT2D eigenvalue weighted by Crippen LogP contribution is -2.67. The van der Waals surface area contributed by atoms with Crippen molar-refractivity contribution in [1.29, 1.82) is 0 Å². The molecule has 0 bridgehead atoms. The SMILES string of the molecule is C=C1CCC1(NC(=O)[C@@H]1C[C@@H](Oc2cc(-c3ccccc3)nc3cc(OC)ccc23)CN1C(=O)OC(C)(C)C)C(=O)NS(=O)(=O)C1CC1. The molecule has 2 saturated carbocycles. The molecule has 48 heavy (non-hydrogen) atoms. The fraction of sp³-hybridized carbons (Fsp3) is 0.429. The van der Waals surface area contributed by atoms with Crippen molar-refractivity contribution in [3.05, 3.63) is 66.7 Å². The van der Waals surface area contributed by atoms with Gasteiger partial charge in [-0.15, -0.1) is 0 Å². The molecule has 1 aliphatic heterocycles. The maximum Gasteiger partial charge on any atom is 0.411 e. The molecule has 3 atom stereocenters. The smallest absolute Gasteiger partial charge is 0.411 e. The first-order valence-corrected chi connectivity index (χ1v) is 17.5. The second-order valence-electron chi connectivity index (χ2n) is 13.6. The van der Waals surface area contributed by atoms with Crippen LogP contribution in [0.2, 0.25) is 0 Å². The Morgan fingerprint density at radius 1 is 1.06 bits per heavy atom. The number of rotatable bonds is 9. The van der Waals surface area contributed by atoms with Crippen LogP contribution < -0.4 is 19.5 Å². The minimum Gasteiger partial charge on any atom is -0.497 e. The maximum absolute atomic E-state index is 14.0. The lowest BCUT2D eigenvalue weighted by molar-refractivity contribution is -0.135. The van der Waals surface area contributed by atoms with Crippen LogP contribution in [0.1, 0.15) is 52.9 Å². The Balaban J connectivity index is 1.29. The van der Waals surface area contributed by atoms with Crippen LogP contribution in [-0.4, -0.2) is 78.4 Å².